The van der Waals surface area contributed by atoms with Crippen molar-refractivity contribution in [3.05, 3.63) is 66.7 Å². The zero-order valence-electron chi connectivity index (χ0n) is 18.2. The molecule has 5 aromatic rings. The van der Waals surface area contributed by atoms with Gasteiger partial charge in [0.2, 0.25) is 0 Å². The molecule has 5 rings (SSSR count). The number of aromatic nitrogens is 3. The maximum absolute atomic E-state index is 13.7. The molecule has 0 aliphatic rings. The topological polar surface area (TPSA) is 82.6 Å². The summed E-state index contributed by atoms with van der Waals surface area (Å²) in [4.78, 5) is 20.1. The smallest absolute Gasteiger partial charge is 0.295 e. The first-order valence-electron chi connectivity index (χ1n) is 10.6. The molecule has 0 radical (unpaired) electrons. The lowest BCUT2D eigenvalue weighted by Gasteiger charge is -2.18. The van der Waals surface area contributed by atoms with E-state index in [0.29, 0.717) is 41.9 Å². The Morgan fingerprint density at radius 1 is 1.18 bits per heavy atom. The van der Waals surface area contributed by atoms with Gasteiger partial charge in [-0.15, -0.1) is 0 Å². The largest absolute Gasteiger partial charge is 0.493 e. The Bertz CT molecular complexity index is 1410. The van der Waals surface area contributed by atoms with Crippen LogP contribution in [0.5, 0.6) is 11.5 Å². The number of para-hydroxylation sites is 2. The summed E-state index contributed by atoms with van der Waals surface area (Å²) >= 11 is 1.44. The molecule has 0 N–H and O–H groups in total. The van der Waals surface area contributed by atoms with Crippen molar-refractivity contribution in [1.29, 1.82) is 0 Å². The van der Waals surface area contributed by atoms with Crippen molar-refractivity contribution in [2.75, 3.05) is 25.2 Å². The molecule has 8 nitrogen and oxygen atoms in total. The Kier molecular flexibility index (Phi) is 5.70. The molecule has 33 heavy (non-hydrogen) atoms. The molecule has 0 spiro atoms. The summed E-state index contributed by atoms with van der Waals surface area (Å²) in [5.74, 6) is 1.22. The molecule has 1 amide bonds. The average molecular weight is 463 g/mol. The molecular formula is C24H22N4O4S. The number of fused-ring (bicyclic) bond motifs is 2. The quantitative estimate of drug-likeness (QED) is 0.323. The van der Waals surface area contributed by atoms with Gasteiger partial charge in [0.05, 0.1) is 25.0 Å². The number of furan rings is 1. The summed E-state index contributed by atoms with van der Waals surface area (Å²) in [6.07, 6.45) is 3.57. The summed E-state index contributed by atoms with van der Waals surface area (Å²) in [5.41, 5.74) is 1.28. The summed E-state index contributed by atoms with van der Waals surface area (Å²) in [5, 5.41) is 5.62. The van der Waals surface area contributed by atoms with Gasteiger partial charge in [0.1, 0.15) is 11.3 Å². The molecule has 0 fully saturated rings. The van der Waals surface area contributed by atoms with E-state index in [9.17, 15) is 4.79 Å². The second-order valence-electron chi connectivity index (χ2n) is 7.25. The van der Waals surface area contributed by atoms with Gasteiger partial charge < -0.3 is 13.9 Å². The van der Waals surface area contributed by atoms with E-state index in [0.717, 1.165) is 15.6 Å². The SMILES string of the molecule is CCOc1cccc2sc(N(CCn3cccn3)C(=O)c3cc4cccc(OC)c4o3)nc12. The van der Waals surface area contributed by atoms with Crippen LogP contribution in [-0.2, 0) is 6.54 Å². The predicted molar refractivity (Wildman–Crippen MR) is 127 cm³/mol. The maximum atomic E-state index is 13.7. The highest BCUT2D eigenvalue weighted by Gasteiger charge is 2.26. The van der Waals surface area contributed by atoms with Gasteiger partial charge in [0, 0.05) is 24.3 Å². The highest BCUT2D eigenvalue weighted by molar-refractivity contribution is 7.22. The van der Waals surface area contributed by atoms with E-state index >= 15 is 0 Å². The van der Waals surface area contributed by atoms with E-state index in [1.165, 1.54) is 11.3 Å². The van der Waals surface area contributed by atoms with Gasteiger partial charge in [-0.25, -0.2) is 4.98 Å². The third-order valence-electron chi connectivity index (χ3n) is 5.20. The minimum absolute atomic E-state index is 0.222. The van der Waals surface area contributed by atoms with Crippen molar-refractivity contribution in [3.63, 3.8) is 0 Å². The van der Waals surface area contributed by atoms with Crippen molar-refractivity contribution < 1.29 is 18.7 Å². The second-order valence-corrected chi connectivity index (χ2v) is 8.26. The Labute approximate surface area is 194 Å². The first-order chi connectivity index (χ1) is 16.2. The maximum Gasteiger partial charge on any atom is 0.295 e. The summed E-state index contributed by atoms with van der Waals surface area (Å²) < 4.78 is 19.8. The van der Waals surface area contributed by atoms with Crippen LogP contribution in [0, 0.1) is 0 Å². The van der Waals surface area contributed by atoms with Gasteiger partial charge in [-0.2, -0.15) is 5.10 Å². The van der Waals surface area contributed by atoms with Crippen LogP contribution in [0.3, 0.4) is 0 Å². The van der Waals surface area contributed by atoms with E-state index in [1.54, 1.807) is 35.0 Å². The molecule has 3 heterocycles. The molecule has 0 aliphatic heterocycles. The Morgan fingerprint density at radius 2 is 2.03 bits per heavy atom. The fourth-order valence-electron chi connectivity index (χ4n) is 3.65. The third kappa shape index (κ3) is 4.03. The van der Waals surface area contributed by atoms with Gasteiger partial charge in [0.25, 0.3) is 5.91 Å². The molecular weight excluding hydrogens is 440 g/mol. The fourth-order valence-corrected chi connectivity index (χ4v) is 4.66. The number of anilines is 1. The number of nitrogens with zero attached hydrogens (tertiary/aromatic N) is 4. The number of benzene rings is 2. The number of hydrogen-bond donors (Lipinski definition) is 0. The van der Waals surface area contributed by atoms with E-state index in [-0.39, 0.29) is 11.7 Å². The second kappa shape index (κ2) is 8.95. The summed E-state index contributed by atoms with van der Waals surface area (Å²) in [6.45, 7) is 3.35. The molecule has 0 saturated heterocycles. The lowest BCUT2D eigenvalue weighted by atomic mass is 10.2. The van der Waals surface area contributed by atoms with Gasteiger partial charge in [-0.1, -0.05) is 29.5 Å². The van der Waals surface area contributed by atoms with Crippen molar-refractivity contribution >= 4 is 43.6 Å². The monoisotopic (exact) mass is 462 g/mol. The van der Waals surface area contributed by atoms with Gasteiger partial charge >= 0.3 is 0 Å². The normalized spacial score (nSPS) is 11.2. The fraction of sp³-hybridized carbons (Fsp3) is 0.208. The highest BCUT2D eigenvalue weighted by atomic mass is 32.1. The number of hydrogen-bond acceptors (Lipinski definition) is 7. The van der Waals surface area contributed by atoms with E-state index in [4.69, 9.17) is 18.9 Å². The average Bonchev–Trinajstić information content (AvgIpc) is 3.58. The molecule has 168 valence electrons. The lowest BCUT2D eigenvalue weighted by molar-refractivity contribution is 0.0961. The number of carbonyl (C=O) groups is 1. The Balaban J connectivity index is 1.55. The molecule has 0 unspecified atom stereocenters. The van der Waals surface area contributed by atoms with Gasteiger partial charge in [-0.3, -0.25) is 14.4 Å². The molecule has 9 heteroatoms. The first kappa shape index (κ1) is 21.0. The minimum atomic E-state index is -0.280. The number of rotatable bonds is 8. The zero-order valence-corrected chi connectivity index (χ0v) is 19.0. The van der Waals surface area contributed by atoms with Crippen LogP contribution in [0.25, 0.3) is 21.2 Å². The van der Waals surface area contributed by atoms with Crippen molar-refractivity contribution in [1.82, 2.24) is 14.8 Å². The van der Waals surface area contributed by atoms with Crippen LogP contribution in [0.15, 0.2) is 65.3 Å². The summed E-state index contributed by atoms with van der Waals surface area (Å²) in [6, 6.07) is 14.9. The number of amides is 1. The Hall–Kier alpha value is -3.85. The molecule has 0 saturated carbocycles. The van der Waals surface area contributed by atoms with Crippen LogP contribution in [-0.4, -0.2) is 40.9 Å². The van der Waals surface area contributed by atoms with Crippen LogP contribution < -0.4 is 14.4 Å². The zero-order chi connectivity index (χ0) is 22.8. The van der Waals surface area contributed by atoms with Crippen molar-refractivity contribution in [2.45, 2.75) is 13.5 Å². The van der Waals surface area contributed by atoms with Gasteiger partial charge in [0.15, 0.2) is 22.2 Å². The molecule has 3 aromatic heterocycles. The van der Waals surface area contributed by atoms with E-state index in [2.05, 4.69) is 5.10 Å². The van der Waals surface area contributed by atoms with Crippen molar-refractivity contribution in [2.24, 2.45) is 0 Å². The predicted octanol–water partition coefficient (Wildman–Crippen LogP) is 4.99. The molecule has 2 aromatic carbocycles. The minimum Gasteiger partial charge on any atom is -0.493 e. The standard InChI is InChI=1S/C24H22N4O4S/c1-3-31-17-8-5-10-20-21(17)26-24(33-20)28(14-13-27-12-6-11-25-27)23(29)19-15-16-7-4-9-18(30-2)22(16)32-19/h4-12,15H,3,13-14H2,1-2H3. The van der Waals surface area contributed by atoms with E-state index in [1.807, 2.05) is 49.5 Å². The molecule has 0 aliphatic carbocycles. The van der Waals surface area contributed by atoms with Crippen LogP contribution in [0.4, 0.5) is 5.13 Å². The number of thiazole rings is 1. The summed E-state index contributed by atoms with van der Waals surface area (Å²) in [7, 11) is 1.58. The molecule has 0 bridgehead atoms. The number of ether oxygens (including phenoxy) is 2. The Morgan fingerprint density at radius 3 is 2.82 bits per heavy atom. The van der Waals surface area contributed by atoms with Crippen LogP contribution in [0.1, 0.15) is 17.5 Å². The first-order valence-corrected chi connectivity index (χ1v) is 11.4. The lowest BCUT2D eigenvalue weighted by Crippen LogP contribution is -2.33. The van der Waals surface area contributed by atoms with Gasteiger partial charge in [-0.05, 0) is 37.3 Å². The van der Waals surface area contributed by atoms with Crippen LogP contribution >= 0.6 is 11.3 Å². The van der Waals surface area contributed by atoms with E-state index < -0.39 is 0 Å². The highest BCUT2D eigenvalue weighted by Crippen LogP contribution is 2.36. The molecule has 0 atom stereocenters. The number of methoxy groups -OCH3 is 1. The van der Waals surface area contributed by atoms with Crippen LogP contribution in [0.2, 0.25) is 0 Å². The third-order valence-corrected chi connectivity index (χ3v) is 6.24. The number of carbonyl (C=O) groups excluding carboxylic acids is 1. The van der Waals surface area contributed by atoms with Crippen molar-refractivity contribution in [3.8, 4) is 11.5 Å².